The van der Waals surface area contributed by atoms with Crippen molar-refractivity contribution in [3.8, 4) is 5.75 Å². The summed E-state index contributed by atoms with van der Waals surface area (Å²) in [5.74, 6) is 1.55. The number of hydrogen-bond acceptors (Lipinski definition) is 3. The van der Waals surface area contributed by atoms with Crippen molar-refractivity contribution in [1.29, 1.82) is 0 Å². The van der Waals surface area contributed by atoms with E-state index in [2.05, 4.69) is 21.9 Å². The molecule has 0 aliphatic carbocycles. The lowest BCUT2D eigenvalue weighted by atomic mass is 10.0. The highest BCUT2D eigenvalue weighted by Gasteiger charge is 2.20. The lowest BCUT2D eigenvalue weighted by Crippen LogP contribution is -2.28. The molecule has 0 saturated heterocycles. The number of nitrogens with zero attached hydrogens (tertiary/aromatic N) is 1. The van der Waals surface area contributed by atoms with E-state index in [0.29, 0.717) is 29.4 Å². The topological polar surface area (TPSA) is 87.2 Å². The zero-order valence-corrected chi connectivity index (χ0v) is 13.0. The Hall–Kier alpha value is -2.50. The molecule has 6 heteroatoms. The van der Waals surface area contributed by atoms with E-state index in [9.17, 15) is 4.79 Å². The second kappa shape index (κ2) is 6.51. The standard InChI is InChI=1S/C16H21N3O3/c1-5-10-7-11-14(13(8-10)22-4)19-15(17-11)12(6-9(2)3)18-16(20)21/h5,7-9,12,18H,1,6H2,2-4H3,(H,17,19)(H,20,21). The van der Waals surface area contributed by atoms with Gasteiger partial charge in [0.05, 0.1) is 18.7 Å². The smallest absolute Gasteiger partial charge is 0.405 e. The molecule has 1 amide bonds. The van der Waals surface area contributed by atoms with Gasteiger partial charge in [-0.15, -0.1) is 0 Å². The first-order chi connectivity index (χ1) is 10.4. The predicted octanol–water partition coefficient (Wildman–Crippen LogP) is 3.57. The highest BCUT2D eigenvalue weighted by atomic mass is 16.5. The van der Waals surface area contributed by atoms with Crippen LogP contribution in [0.15, 0.2) is 18.7 Å². The first-order valence-electron chi connectivity index (χ1n) is 7.14. The van der Waals surface area contributed by atoms with E-state index in [-0.39, 0.29) is 6.04 Å². The molecular weight excluding hydrogens is 282 g/mol. The maximum atomic E-state index is 11.0. The molecule has 1 aromatic heterocycles. The minimum atomic E-state index is -1.06. The molecule has 0 aliphatic heterocycles. The van der Waals surface area contributed by atoms with Crippen LogP contribution in [0.4, 0.5) is 4.79 Å². The van der Waals surface area contributed by atoms with E-state index in [1.165, 1.54) is 0 Å². The van der Waals surface area contributed by atoms with Crippen LogP contribution >= 0.6 is 0 Å². The number of aromatic amines is 1. The van der Waals surface area contributed by atoms with Gasteiger partial charge in [-0.05, 0) is 30.0 Å². The molecule has 0 saturated carbocycles. The Labute approximate surface area is 129 Å². The van der Waals surface area contributed by atoms with Crippen LogP contribution in [0.25, 0.3) is 17.1 Å². The fourth-order valence-electron chi connectivity index (χ4n) is 2.42. The number of aromatic nitrogens is 2. The third-order valence-corrected chi connectivity index (χ3v) is 3.38. The van der Waals surface area contributed by atoms with E-state index in [1.807, 2.05) is 26.0 Å². The molecule has 1 aromatic carbocycles. The van der Waals surface area contributed by atoms with Crippen LogP contribution in [0.1, 0.15) is 37.7 Å². The van der Waals surface area contributed by atoms with E-state index in [4.69, 9.17) is 9.84 Å². The van der Waals surface area contributed by atoms with Crippen molar-refractivity contribution >= 4 is 23.2 Å². The van der Waals surface area contributed by atoms with Gasteiger partial charge in [-0.2, -0.15) is 0 Å². The molecule has 6 nitrogen and oxygen atoms in total. The fraction of sp³-hybridized carbons (Fsp3) is 0.375. The second-order valence-corrected chi connectivity index (χ2v) is 5.58. The van der Waals surface area contributed by atoms with Crippen LogP contribution in [-0.2, 0) is 0 Å². The summed E-state index contributed by atoms with van der Waals surface area (Å²) >= 11 is 0. The summed E-state index contributed by atoms with van der Waals surface area (Å²) in [6.07, 6.45) is 1.32. The van der Waals surface area contributed by atoms with Crippen LogP contribution in [0, 0.1) is 5.92 Å². The van der Waals surface area contributed by atoms with Crippen molar-refractivity contribution in [1.82, 2.24) is 15.3 Å². The molecule has 3 N–H and O–H groups in total. The molecule has 0 fully saturated rings. The molecule has 1 atom stereocenters. The molecule has 22 heavy (non-hydrogen) atoms. The maximum Gasteiger partial charge on any atom is 0.405 e. The number of benzene rings is 1. The average Bonchev–Trinajstić information content (AvgIpc) is 2.88. The van der Waals surface area contributed by atoms with Gasteiger partial charge in [0.2, 0.25) is 0 Å². The summed E-state index contributed by atoms with van der Waals surface area (Å²) < 4.78 is 5.36. The molecule has 2 aromatic rings. The van der Waals surface area contributed by atoms with Crippen molar-refractivity contribution in [2.24, 2.45) is 5.92 Å². The summed E-state index contributed by atoms with van der Waals surface area (Å²) in [5, 5.41) is 11.5. The minimum absolute atomic E-state index is 0.329. The minimum Gasteiger partial charge on any atom is -0.494 e. The fourth-order valence-corrected chi connectivity index (χ4v) is 2.42. The Morgan fingerprint density at radius 1 is 1.55 bits per heavy atom. The van der Waals surface area contributed by atoms with Gasteiger partial charge in [-0.3, -0.25) is 0 Å². The number of rotatable bonds is 6. The summed E-state index contributed by atoms with van der Waals surface area (Å²) in [4.78, 5) is 18.7. The van der Waals surface area contributed by atoms with Gasteiger partial charge >= 0.3 is 6.09 Å². The molecule has 0 spiro atoms. The number of hydrogen-bond donors (Lipinski definition) is 3. The Morgan fingerprint density at radius 2 is 2.27 bits per heavy atom. The zero-order chi connectivity index (χ0) is 16.3. The van der Waals surface area contributed by atoms with E-state index in [1.54, 1.807) is 13.2 Å². The summed E-state index contributed by atoms with van der Waals surface area (Å²) in [6.45, 7) is 7.83. The zero-order valence-electron chi connectivity index (χ0n) is 13.0. The van der Waals surface area contributed by atoms with E-state index >= 15 is 0 Å². The van der Waals surface area contributed by atoms with Crippen LogP contribution < -0.4 is 10.1 Å². The Bertz CT molecular complexity index is 691. The summed E-state index contributed by atoms with van der Waals surface area (Å²) in [6, 6.07) is 3.37. The molecule has 1 unspecified atom stereocenters. The molecular formula is C16H21N3O3. The lowest BCUT2D eigenvalue weighted by molar-refractivity contribution is 0.187. The van der Waals surface area contributed by atoms with Gasteiger partial charge in [0, 0.05) is 0 Å². The first-order valence-corrected chi connectivity index (χ1v) is 7.14. The second-order valence-electron chi connectivity index (χ2n) is 5.58. The quantitative estimate of drug-likeness (QED) is 0.761. The largest absolute Gasteiger partial charge is 0.494 e. The third-order valence-electron chi connectivity index (χ3n) is 3.38. The van der Waals surface area contributed by atoms with Crippen molar-refractivity contribution in [3.63, 3.8) is 0 Å². The van der Waals surface area contributed by atoms with Gasteiger partial charge in [0.25, 0.3) is 0 Å². The van der Waals surface area contributed by atoms with Crippen LogP contribution in [-0.4, -0.2) is 28.3 Å². The number of methoxy groups -OCH3 is 1. The molecule has 2 rings (SSSR count). The predicted molar refractivity (Wildman–Crippen MR) is 86.1 cm³/mol. The number of H-pyrrole nitrogens is 1. The van der Waals surface area contributed by atoms with Crippen molar-refractivity contribution in [3.05, 3.63) is 30.1 Å². The number of imidazole rings is 1. The number of carbonyl (C=O) groups is 1. The summed E-state index contributed by atoms with van der Waals surface area (Å²) in [7, 11) is 1.58. The monoisotopic (exact) mass is 303 g/mol. The number of ether oxygens (including phenoxy) is 1. The van der Waals surface area contributed by atoms with Gasteiger partial charge in [-0.25, -0.2) is 9.78 Å². The first kappa shape index (κ1) is 15.9. The van der Waals surface area contributed by atoms with Crippen molar-refractivity contribution in [2.75, 3.05) is 7.11 Å². The Kier molecular flexibility index (Phi) is 4.70. The molecule has 1 heterocycles. The van der Waals surface area contributed by atoms with Crippen LogP contribution in [0.2, 0.25) is 0 Å². The van der Waals surface area contributed by atoms with Gasteiger partial charge in [0.15, 0.2) is 0 Å². The van der Waals surface area contributed by atoms with E-state index in [0.717, 1.165) is 11.1 Å². The van der Waals surface area contributed by atoms with Gasteiger partial charge < -0.3 is 20.1 Å². The average molecular weight is 303 g/mol. The Balaban J connectivity index is 2.49. The van der Waals surface area contributed by atoms with Gasteiger partial charge in [-0.1, -0.05) is 26.5 Å². The van der Waals surface area contributed by atoms with E-state index < -0.39 is 6.09 Å². The number of nitrogens with one attached hydrogen (secondary N) is 2. The summed E-state index contributed by atoms with van der Waals surface area (Å²) in [5.41, 5.74) is 2.39. The highest BCUT2D eigenvalue weighted by Crippen LogP contribution is 2.29. The van der Waals surface area contributed by atoms with Crippen molar-refractivity contribution in [2.45, 2.75) is 26.3 Å². The maximum absolute atomic E-state index is 11.0. The highest BCUT2D eigenvalue weighted by molar-refractivity contribution is 5.84. The Morgan fingerprint density at radius 3 is 2.82 bits per heavy atom. The number of amides is 1. The van der Waals surface area contributed by atoms with Gasteiger partial charge in [0.1, 0.15) is 17.1 Å². The van der Waals surface area contributed by atoms with Crippen LogP contribution in [0.5, 0.6) is 5.75 Å². The lowest BCUT2D eigenvalue weighted by Gasteiger charge is -2.16. The normalized spacial score (nSPS) is 12.4. The third kappa shape index (κ3) is 3.39. The number of carboxylic acid groups (broad SMARTS) is 1. The number of fused-ring (bicyclic) bond motifs is 1. The van der Waals surface area contributed by atoms with Crippen molar-refractivity contribution < 1.29 is 14.6 Å². The molecule has 0 radical (unpaired) electrons. The van der Waals surface area contributed by atoms with Crippen LogP contribution in [0.3, 0.4) is 0 Å². The SMILES string of the molecule is C=Cc1cc(OC)c2nc(C(CC(C)C)NC(=O)O)[nH]c2c1. The molecule has 118 valence electrons. The molecule has 0 aliphatic rings. The molecule has 0 bridgehead atoms.